The van der Waals surface area contributed by atoms with E-state index in [4.69, 9.17) is 4.74 Å². The molecular weight excluding hydrogens is 280 g/mol. The molecule has 118 valence electrons. The van der Waals surface area contributed by atoms with Crippen LogP contribution in [0.2, 0.25) is 0 Å². The van der Waals surface area contributed by atoms with Crippen LogP contribution in [-0.4, -0.2) is 36.0 Å². The van der Waals surface area contributed by atoms with E-state index in [1.807, 2.05) is 30.3 Å². The topological polar surface area (TPSA) is 58.6 Å². The van der Waals surface area contributed by atoms with Gasteiger partial charge in [0.2, 0.25) is 5.91 Å². The number of carbonyl (C=O) groups is 2. The summed E-state index contributed by atoms with van der Waals surface area (Å²) in [5.41, 5.74) is 0.968. The number of carbonyl (C=O) groups excluding carboxylic acids is 2. The van der Waals surface area contributed by atoms with Crippen molar-refractivity contribution in [2.24, 2.45) is 5.92 Å². The molecule has 1 atom stereocenters. The van der Waals surface area contributed by atoms with E-state index in [1.165, 1.54) is 0 Å². The second-order valence-corrected chi connectivity index (χ2v) is 6.11. The summed E-state index contributed by atoms with van der Waals surface area (Å²) < 4.78 is 5.34. The fourth-order valence-corrected chi connectivity index (χ4v) is 2.71. The lowest BCUT2D eigenvalue weighted by Gasteiger charge is -2.31. The molecule has 0 radical (unpaired) electrons. The number of ether oxygens (including phenoxy) is 1. The maximum Gasteiger partial charge on any atom is 0.410 e. The van der Waals surface area contributed by atoms with Gasteiger partial charge in [0.15, 0.2) is 0 Å². The number of likely N-dealkylation sites (tertiary alicyclic amines) is 1. The zero-order valence-corrected chi connectivity index (χ0v) is 12.7. The maximum absolute atomic E-state index is 12.1. The summed E-state index contributed by atoms with van der Waals surface area (Å²) in [6, 6.07) is 9.99. The Hall–Kier alpha value is -2.04. The van der Waals surface area contributed by atoms with E-state index in [0.29, 0.717) is 19.1 Å². The van der Waals surface area contributed by atoms with Crippen LogP contribution in [0.5, 0.6) is 0 Å². The number of nitrogens with zero attached hydrogens (tertiary/aromatic N) is 1. The van der Waals surface area contributed by atoms with Gasteiger partial charge in [-0.2, -0.15) is 0 Å². The van der Waals surface area contributed by atoms with Crippen molar-refractivity contribution >= 4 is 12.0 Å². The van der Waals surface area contributed by atoms with Crippen LogP contribution in [0.1, 0.15) is 31.2 Å². The predicted octanol–water partition coefficient (Wildman–Crippen LogP) is 2.31. The fourth-order valence-electron chi connectivity index (χ4n) is 2.71. The van der Waals surface area contributed by atoms with Gasteiger partial charge in [-0.15, -0.1) is 0 Å². The van der Waals surface area contributed by atoms with Crippen LogP contribution in [0.15, 0.2) is 30.3 Å². The van der Waals surface area contributed by atoms with Gasteiger partial charge in [-0.25, -0.2) is 4.79 Å². The molecule has 2 aliphatic rings. The van der Waals surface area contributed by atoms with Crippen LogP contribution in [0, 0.1) is 5.92 Å². The average molecular weight is 302 g/mol. The van der Waals surface area contributed by atoms with E-state index in [-0.39, 0.29) is 24.5 Å². The van der Waals surface area contributed by atoms with Gasteiger partial charge < -0.3 is 15.0 Å². The van der Waals surface area contributed by atoms with Crippen LogP contribution in [0.3, 0.4) is 0 Å². The molecule has 1 aliphatic carbocycles. The van der Waals surface area contributed by atoms with Crippen LogP contribution >= 0.6 is 0 Å². The predicted molar refractivity (Wildman–Crippen MR) is 82.1 cm³/mol. The molecule has 0 aromatic heterocycles. The summed E-state index contributed by atoms with van der Waals surface area (Å²) in [4.78, 5) is 25.9. The first-order valence-electron chi connectivity index (χ1n) is 7.98. The Kier molecular flexibility index (Phi) is 4.61. The Morgan fingerprint density at radius 2 is 1.95 bits per heavy atom. The Morgan fingerprint density at radius 3 is 2.68 bits per heavy atom. The van der Waals surface area contributed by atoms with Crippen LogP contribution in [-0.2, 0) is 16.1 Å². The highest BCUT2D eigenvalue weighted by Crippen LogP contribution is 2.22. The molecule has 22 heavy (non-hydrogen) atoms. The second-order valence-electron chi connectivity index (χ2n) is 6.11. The first-order valence-corrected chi connectivity index (χ1v) is 7.98. The van der Waals surface area contributed by atoms with E-state index in [9.17, 15) is 9.59 Å². The van der Waals surface area contributed by atoms with Gasteiger partial charge in [0, 0.05) is 19.1 Å². The summed E-state index contributed by atoms with van der Waals surface area (Å²) in [6.07, 6.45) is 3.54. The summed E-state index contributed by atoms with van der Waals surface area (Å²) in [6.45, 7) is 1.40. The minimum atomic E-state index is -0.326. The largest absolute Gasteiger partial charge is 0.445 e. The van der Waals surface area contributed by atoms with E-state index in [2.05, 4.69) is 5.32 Å². The average Bonchev–Trinajstić information content (AvgIpc) is 3.37. The maximum atomic E-state index is 12.1. The molecule has 1 saturated carbocycles. The molecule has 1 aromatic carbocycles. The number of rotatable bonds is 4. The molecule has 1 unspecified atom stereocenters. The molecule has 1 heterocycles. The zero-order valence-electron chi connectivity index (χ0n) is 12.7. The SMILES string of the molecule is O=C(NC1CC1)C1CCCN(C(=O)OCc2ccccc2)C1. The summed E-state index contributed by atoms with van der Waals surface area (Å²) in [7, 11) is 0. The van der Waals surface area contributed by atoms with Crippen molar-refractivity contribution in [1.29, 1.82) is 0 Å². The molecule has 2 fully saturated rings. The lowest BCUT2D eigenvalue weighted by Crippen LogP contribution is -2.46. The molecule has 3 rings (SSSR count). The number of nitrogens with one attached hydrogen (secondary N) is 1. The summed E-state index contributed by atoms with van der Waals surface area (Å²) in [5, 5.41) is 3.02. The second kappa shape index (κ2) is 6.81. The molecule has 1 aliphatic heterocycles. The van der Waals surface area contributed by atoms with Crippen LogP contribution in [0.4, 0.5) is 4.79 Å². The molecular formula is C17H22N2O3. The van der Waals surface area contributed by atoms with E-state index < -0.39 is 0 Å². The minimum Gasteiger partial charge on any atom is -0.445 e. The van der Waals surface area contributed by atoms with Crippen LogP contribution in [0.25, 0.3) is 0 Å². The Balaban J connectivity index is 1.48. The Morgan fingerprint density at radius 1 is 1.18 bits per heavy atom. The molecule has 1 N–H and O–H groups in total. The van der Waals surface area contributed by atoms with E-state index >= 15 is 0 Å². The quantitative estimate of drug-likeness (QED) is 0.928. The van der Waals surface area contributed by atoms with Crippen molar-refractivity contribution in [2.75, 3.05) is 13.1 Å². The number of hydrogen-bond donors (Lipinski definition) is 1. The van der Waals surface area contributed by atoms with Gasteiger partial charge in [-0.1, -0.05) is 30.3 Å². The van der Waals surface area contributed by atoms with Gasteiger partial charge >= 0.3 is 6.09 Å². The number of benzene rings is 1. The highest BCUT2D eigenvalue weighted by molar-refractivity contribution is 5.80. The zero-order chi connectivity index (χ0) is 15.4. The minimum absolute atomic E-state index is 0.0862. The van der Waals surface area contributed by atoms with Crippen LogP contribution < -0.4 is 5.32 Å². The summed E-state index contributed by atoms with van der Waals surface area (Å²) in [5.74, 6) is -0.0123. The first-order chi connectivity index (χ1) is 10.7. The lowest BCUT2D eigenvalue weighted by molar-refractivity contribution is -0.126. The van der Waals surface area contributed by atoms with Crippen molar-refractivity contribution in [1.82, 2.24) is 10.2 Å². The molecule has 5 heteroatoms. The highest BCUT2D eigenvalue weighted by atomic mass is 16.6. The molecule has 5 nitrogen and oxygen atoms in total. The van der Waals surface area contributed by atoms with Crippen molar-refractivity contribution in [3.63, 3.8) is 0 Å². The Labute approximate surface area is 130 Å². The van der Waals surface area contributed by atoms with Crippen molar-refractivity contribution < 1.29 is 14.3 Å². The molecule has 2 amide bonds. The van der Waals surface area contributed by atoms with Crippen molar-refractivity contribution in [3.8, 4) is 0 Å². The van der Waals surface area contributed by atoms with Crippen molar-refractivity contribution in [3.05, 3.63) is 35.9 Å². The molecule has 1 aromatic rings. The molecule has 0 spiro atoms. The smallest absolute Gasteiger partial charge is 0.410 e. The lowest BCUT2D eigenvalue weighted by atomic mass is 9.97. The first kappa shape index (κ1) is 14.9. The van der Waals surface area contributed by atoms with Gasteiger partial charge in [-0.3, -0.25) is 4.79 Å². The third-order valence-corrected chi connectivity index (χ3v) is 4.18. The van der Waals surface area contributed by atoms with E-state index in [0.717, 1.165) is 31.2 Å². The van der Waals surface area contributed by atoms with Gasteiger partial charge in [0.05, 0.1) is 5.92 Å². The number of hydrogen-bond acceptors (Lipinski definition) is 3. The molecule has 1 saturated heterocycles. The monoisotopic (exact) mass is 302 g/mol. The number of amides is 2. The van der Waals surface area contributed by atoms with E-state index in [1.54, 1.807) is 4.90 Å². The highest BCUT2D eigenvalue weighted by Gasteiger charge is 2.32. The van der Waals surface area contributed by atoms with Gasteiger partial charge in [-0.05, 0) is 31.2 Å². The number of piperidine rings is 1. The third-order valence-electron chi connectivity index (χ3n) is 4.18. The van der Waals surface area contributed by atoms with Crippen molar-refractivity contribution in [2.45, 2.75) is 38.3 Å². The summed E-state index contributed by atoms with van der Waals surface area (Å²) >= 11 is 0. The van der Waals surface area contributed by atoms with Gasteiger partial charge in [0.1, 0.15) is 6.61 Å². The van der Waals surface area contributed by atoms with Gasteiger partial charge in [0.25, 0.3) is 0 Å². The fraction of sp³-hybridized carbons (Fsp3) is 0.529. The normalized spacial score (nSPS) is 21.3. The molecule has 0 bridgehead atoms. The third kappa shape index (κ3) is 4.00. The standard InChI is InChI=1S/C17H22N2O3/c20-16(18-15-8-9-15)14-7-4-10-19(11-14)17(21)22-12-13-5-2-1-3-6-13/h1-3,5-6,14-15H,4,7-12H2,(H,18,20). The Bertz CT molecular complexity index is 528.